The van der Waals surface area contributed by atoms with Gasteiger partial charge >= 0.3 is 0 Å². The van der Waals surface area contributed by atoms with Crippen LogP contribution in [0.5, 0.6) is 0 Å². The van der Waals surface area contributed by atoms with Gasteiger partial charge in [-0.25, -0.2) is 0 Å². The van der Waals surface area contributed by atoms with Gasteiger partial charge in [-0.05, 0) is 91.4 Å². The molecule has 3 N–H and O–H groups in total. The average molecular weight is 591 g/mol. The van der Waals surface area contributed by atoms with Crippen molar-refractivity contribution >= 4 is 70.1 Å². The summed E-state index contributed by atoms with van der Waals surface area (Å²) < 4.78 is 0. The van der Waals surface area contributed by atoms with Gasteiger partial charge in [0.2, 0.25) is 5.91 Å². The van der Waals surface area contributed by atoms with E-state index in [1.807, 2.05) is 25.1 Å². The second kappa shape index (κ2) is 13.8. The van der Waals surface area contributed by atoms with Gasteiger partial charge in [-0.1, -0.05) is 53.5 Å². The minimum atomic E-state index is -0.490. The molecule has 9 heteroatoms. The van der Waals surface area contributed by atoms with Crippen LogP contribution in [0.4, 0.5) is 11.4 Å². The minimum absolute atomic E-state index is 0.0714. The summed E-state index contributed by atoms with van der Waals surface area (Å²) in [5, 5.41) is 9.19. The fraction of sp³-hybridized carbons (Fsp3) is 0.0645. The van der Waals surface area contributed by atoms with Crippen LogP contribution in [0, 0.1) is 0 Å². The smallest absolute Gasteiger partial charge is 0.272 e. The molecule has 0 saturated carbocycles. The molecule has 1 atom stereocenters. The second-order valence-electron chi connectivity index (χ2n) is 8.66. The number of carbonyl (C=O) groups is 3. The van der Waals surface area contributed by atoms with Crippen LogP contribution in [0.15, 0.2) is 114 Å². The number of hydrogen-bond acceptors (Lipinski definition) is 4. The van der Waals surface area contributed by atoms with E-state index in [0.717, 1.165) is 4.90 Å². The van der Waals surface area contributed by atoms with Crippen molar-refractivity contribution in [3.05, 3.63) is 130 Å². The van der Waals surface area contributed by atoms with Crippen LogP contribution in [0.25, 0.3) is 6.08 Å². The molecule has 0 fully saturated rings. The minimum Gasteiger partial charge on any atom is -0.325 e. The van der Waals surface area contributed by atoms with Crippen molar-refractivity contribution in [1.82, 2.24) is 5.32 Å². The first kappa shape index (κ1) is 29.0. The maximum absolute atomic E-state index is 13.2. The van der Waals surface area contributed by atoms with Crippen molar-refractivity contribution in [3.63, 3.8) is 0 Å². The largest absolute Gasteiger partial charge is 0.325 e. The highest BCUT2D eigenvalue weighted by molar-refractivity contribution is 8.00. The molecule has 4 aromatic rings. The second-order valence-corrected chi connectivity index (χ2v) is 11.0. The van der Waals surface area contributed by atoms with Gasteiger partial charge in [-0.3, -0.25) is 14.4 Å². The summed E-state index contributed by atoms with van der Waals surface area (Å²) >= 11 is 13.3. The van der Waals surface area contributed by atoms with Crippen molar-refractivity contribution < 1.29 is 14.4 Å². The quantitative estimate of drug-likeness (QED) is 0.139. The van der Waals surface area contributed by atoms with Gasteiger partial charge in [0.05, 0.1) is 5.25 Å². The van der Waals surface area contributed by atoms with Crippen molar-refractivity contribution in [2.45, 2.75) is 17.1 Å². The Bertz CT molecular complexity index is 1510. The number of thioether (sulfide) groups is 1. The van der Waals surface area contributed by atoms with Gasteiger partial charge in [0.15, 0.2) is 0 Å². The van der Waals surface area contributed by atoms with E-state index >= 15 is 0 Å². The monoisotopic (exact) mass is 589 g/mol. The van der Waals surface area contributed by atoms with E-state index in [4.69, 9.17) is 23.2 Å². The summed E-state index contributed by atoms with van der Waals surface area (Å²) in [4.78, 5) is 39.4. The van der Waals surface area contributed by atoms with Gasteiger partial charge in [0.25, 0.3) is 11.8 Å². The van der Waals surface area contributed by atoms with Crippen LogP contribution in [0.2, 0.25) is 10.0 Å². The Morgan fingerprint density at radius 2 is 1.27 bits per heavy atom. The van der Waals surface area contributed by atoms with E-state index in [0.29, 0.717) is 32.5 Å². The lowest BCUT2D eigenvalue weighted by Crippen LogP contribution is -2.30. The van der Waals surface area contributed by atoms with Crippen molar-refractivity contribution in [1.29, 1.82) is 0 Å². The number of anilines is 2. The molecule has 4 aromatic carbocycles. The third kappa shape index (κ3) is 8.48. The van der Waals surface area contributed by atoms with E-state index in [1.165, 1.54) is 11.8 Å². The van der Waals surface area contributed by atoms with Gasteiger partial charge < -0.3 is 16.0 Å². The molecule has 0 spiro atoms. The predicted octanol–water partition coefficient (Wildman–Crippen LogP) is 7.52. The van der Waals surface area contributed by atoms with Crippen LogP contribution in [-0.4, -0.2) is 23.0 Å². The summed E-state index contributed by atoms with van der Waals surface area (Å²) in [6.07, 6.45) is 1.58. The third-order valence-corrected chi connectivity index (χ3v) is 7.23. The molecule has 6 nitrogen and oxygen atoms in total. The summed E-state index contributed by atoms with van der Waals surface area (Å²) in [7, 11) is 0. The predicted molar refractivity (Wildman–Crippen MR) is 164 cm³/mol. The molecular formula is C31H25Cl2N3O3S. The summed E-state index contributed by atoms with van der Waals surface area (Å²) in [5.74, 6) is -1.04. The van der Waals surface area contributed by atoms with E-state index in [2.05, 4.69) is 16.0 Å². The van der Waals surface area contributed by atoms with Crippen molar-refractivity contribution in [3.8, 4) is 0 Å². The van der Waals surface area contributed by atoms with Crippen LogP contribution < -0.4 is 16.0 Å². The lowest BCUT2D eigenvalue weighted by molar-refractivity contribution is -0.115. The summed E-state index contributed by atoms with van der Waals surface area (Å²) in [6, 6.07) is 29.6. The van der Waals surface area contributed by atoms with Gasteiger partial charge in [0.1, 0.15) is 5.70 Å². The lowest BCUT2D eigenvalue weighted by atomic mass is 10.1. The molecule has 0 bridgehead atoms. The summed E-state index contributed by atoms with van der Waals surface area (Å²) in [5.41, 5.74) is 2.39. The first-order valence-corrected chi connectivity index (χ1v) is 13.9. The van der Waals surface area contributed by atoms with E-state index in [1.54, 1.807) is 91.0 Å². The van der Waals surface area contributed by atoms with Crippen LogP contribution in [-0.2, 0) is 9.59 Å². The van der Waals surface area contributed by atoms with Crippen molar-refractivity contribution in [2.75, 3.05) is 10.6 Å². The number of carbonyl (C=O) groups excluding carboxylic acids is 3. The first-order chi connectivity index (χ1) is 19.3. The summed E-state index contributed by atoms with van der Waals surface area (Å²) in [6.45, 7) is 1.81. The molecule has 0 aliphatic heterocycles. The fourth-order valence-electron chi connectivity index (χ4n) is 3.52. The van der Waals surface area contributed by atoms with E-state index in [-0.39, 0.29) is 16.9 Å². The zero-order chi connectivity index (χ0) is 28.5. The molecule has 0 heterocycles. The molecular weight excluding hydrogens is 565 g/mol. The van der Waals surface area contributed by atoms with Crippen LogP contribution >= 0.6 is 35.0 Å². The molecule has 0 radical (unpaired) electrons. The SMILES string of the molecule is CC(Sc1ccc(NC(=O)/C(=C/c2ccc(Cl)cc2)NC(=O)c2ccccc2)cc1)C(=O)Nc1ccc(Cl)cc1. The third-order valence-electron chi connectivity index (χ3n) is 5.62. The first-order valence-electron chi connectivity index (χ1n) is 12.2. The molecule has 0 aliphatic rings. The van der Waals surface area contributed by atoms with Gasteiger partial charge in [-0.2, -0.15) is 0 Å². The Hall–Kier alpha value is -4.04. The van der Waals surface area contributed by atoms with Crippen LogP contribution in [0.3, 0.4) is 0 Å². The molecule has 1 unspecified atom stereocenters. The standard InChI is InChI=1S/C31H25Cl2N3O3S/c1-20(29(37)34-25-13-11-24(33)12-14-25)40-27-17-15-26(16-18-27)35-31(39)28(19-21-7-9-23(32)10-8-21)36-30(38)22-5-3-2-4-6-22/h2-20H,1H3,(H,34,37)(H,35,39)(H,36,38)/b28-19-. The maximum atomic E-state index is 13.2. The highest BCUT2D eigenvalue weighted by atomic mass is 35.5. The number of hydrogen-bond donors (Lipinski definition) is 3. The number of benzene rings is 4. The molecule has 202 valence electrons. The molecule has 4 rings (SSSR count). The van der Waals surface area contributed by atoms with Gasteiger partial charge in [0, 0.05) is 31.9 Å². The van der Waals surface area contributed by atoms with Crippen LogP contribution in [0.1, 0.15) is 22.8 Å². The normalized spacial score (nSPS) is 11.8. The Morgan fingerprint density at radius 1 is 0.725 bits per heavy atom. The van der Waals surface area contributed by atoms with Crippen molar-refractivity contribution in [2.24, 2.45) is 0 Å². The maximum Gasteiger partial charge on any atom is 0.272 e. The van der Waals surface area contributed by atoms with Gasteiger partial charge in [-0.15, -0.1) is 11.8 Å². The average Bonchev–Trinajstić information content (AvgIpc) is 2.96. The molecule has 3 amide bonds. The Morgan fingerprint density at radius 3 is 1.90 bits per heavy atom. The Labute approximate surface area is 246 Å². The fourth-order valence-corrected chi connectivity index (χ4v) is 4.64. The lowest BCUT2D eigenvalue weighted by Gasteiger charge is -2.13. The highest BCUT2D eigenvalue weighted by Crippen LogP contribution is 2.26. The zero-order valence-electron chi connectivity index (χ0n) is 21.4. The van der Waals surface area contributed by atoms with E-state index < -0.39 is 11.8 Å². The number of nitrogens with one attached hydrogen (secondary N) is 3. The van der Waals surface area contributed by atoms with E-state index in [9.17, 15) is 14.4 Å². The number of halogens is 2. The Kier molecular flexibility index (Phi) is 10.0. The zero-order valence-corrected chi connectivity index (χ0v) is 23.7. The molecule has 0 saturated heterocycles. The molecule has 0 aliphatic carbocycles. The Balaban J connectivity index is 1.42. The number of amides is 3. The molecule has 0 aromatic heterocycles. The molecule has 40 heavy (non-hydrogen) atoms. The highest BCUT2D eigenvalue weighted by Gasteiger charge is 2.17. The number of rotatable bonds is 9. The topological polar surface area (TPSA) is 87.3 Å².